The molecule has 0 unspecified atom stereocenters. The predicted octanol–water partition coefficient (Wildman–Crippen LogP) is 4.73. The number of aromatic nitrogens is 2. The van der Waals surface area contributed by atoms with Gasteiger partial charge >= 0.3 is 0 Å². The molecule has 2 aromatic heterocycles. The first-order valence-electron chi connectivity index (χ1n) is 7.15. The van der Waals surface area contributed by atoms with Gasteiger partial charge in [0.25, 0.3) is 5.56 Å². The summed E-state index contributed by atoms with van der Waals surface area (Å²) in [5, 5.41) is 1.92. The van der Waals surface area contributed by atoms with Crippen LogP contribution in [0.15, 0.2) is 16.2 Å². The van der Waals surface area contributed by atoms with E-state index in [1.54, 1.807) is 4.57 Å². The van der Waals surface area contributed by atoms with Gasteiger partial charge in [-0.3, -0.25) is 9.36 Å². The third-order valence-electron chi connectivity index (χ3n) is 3.63. The van der Waals surface area contributed by atoms with Gasteiger partial charge in [0.2, 0.25) is 0 Å². The average molecular weight is 310 g/mol. The summed E-state index contributed by atoms with van der Waals surface area (Å²) in [6, 6.07) is 1.91. The molecule has 0 aliphatic carbocycles. The Morgan fingerprint density at radius 1 is 1.40 bits per heavy atom. The minimum Gasteiger partial charge on any atom is -0.331 e. The molecule has 0 bridgehead atoms. The zero-order valence-corrected chi connectivity index (χ0v) is 14.0. The van der Waals surface area contributed by atoms with E-state index in [-0.39, 0.29) is 11.0 Å². The van der Waals surface area contributed by atoms with Crippen LogP contribution in [0.3, 0.4) is 0 Å². The van der Waals surface area contributed by atoms with E-state index in [4.69, 9.17) is 12.2 Å². The Balaban J connectivity index is 2.29. The SMILES string of the molecule is CCCCCC(C)(C)Cn1c(=S)[nH]c2ccsc2c1=O. The molecule has 0 fully saturated rings. The maximum Gasteiger partial charge on any atom is 0.272 e. The van der Waals surface area contributed by atoms with Gasteiger partial charge in [0.15, 0.2) is 4.77 Å². The normalized spacial score (nSPS) is 12.2. The summed E-state index contributed by atoms with van der Waals surface area (Å²) in [7, 11) is 0. The van der Waals surface area contributed by atoms with Crippen LogP contribution in [0.25, 0.3) is 10.2 Å². The van der Waals surface area contributed by atoms with E-state index in [1.165, 1.54) is 30.6 Å². The molecule has 0 spiro atoms. The molecule has 0 aliphatic rings. The molecule has 0 aliphatic heterocycles. The molecule has 0 amide bonds. The van der Waals surface area contributed by atoms with Gasteiger partial charge in [0.05, 0.1) is 5.52 Å². The van der Waals surface area contributed by atoms with Gasteiger partial charge in [0.1, 0.15) is 4.70 Å². The first-order chi connectivity index (χ1) is 9.44. The van der Waals surface area contributed by atoms with Crippen molar-refractivity contribution in [1.29, 1.82) is 0 Å². The smallest absolute Gasteiger partial charge is 0.272 e. The van der Waals surface area contributed by atoms with E-state index in [0.29, 0.717) is 11.3 Å². The molecular weight excluding hydrogens is 288 g/mol. The summed E-state index contributed by atoms with van der Waals surface area (Å²) in [6.07, 6.45) is 4.78. The molecule has 2 rings (SSSR count). The van der Waals surface area contributed by atoms with Crippen molar-refractivity contribution in [2.75, 3.05) is 0 Å². The fourth-order valence-corrected chi connectivity index (χ4v) is 3.53. The number of fused-ring (bicyclic) bond motifs is 1. The summed E-state index contributed by atoms with van der Waals surface area (Å²) < 4.78 is 3.02. The molecule has 110 valence electrons. The zero-order chi connectivity index (χ0) is 14.8. The molecule has 0 radical (unpaired) electrons. The standard InChI is InChI=1S/C15H22N2OS2/c1-4-5-6-8-15(2,3)10-17-13(18)12-11(7-9-20-12)16-14(17)19/h7,9H,4-6,8,10H2,1-3H3,(H,16,19). The number of hydrogen-bond acceptors (Lipinski definition) is 3. The van der Waals surface area contributed by atoms with Crippen molar-refractivity contribution in [3.05, 3.63) is 26.6 Å². The van der Waals surface area contributed by atoms with Crippen LogP contribution in [0.5, 0.6) is 0 Å². The summed E-state index contributed by atoms with van der Waals surface area (Å²) in [5.41, 5.74) is 0.984. The Morgan fingerprint density at radius 2 is 2.15 bits per heavy atom. The Hall–Kier alpha value is -0.940. The molecule has 3 nitrogen and oxygen atoms in total. The van der Waals surface area contributed by atoms with Crippen LogP contribution in [-0.2, 0) is 6.54 Å². The molecule has 0 aromatic carbocycles. The van der Waals surface area contributed by atoms with E-state index in [9.17, 15) is 4.79 Å². The van der Waals surface area contributed by atoms with Crippen molar-refractivity contribution in [3.8, 4) is 0 Å². The number of aromatic amines is 1. The number of unbranched alkanes of at least 4 members (excludes halogenated alkanes) is 2. The van der Waals surface area contributed by atoms with Gasteiger partial charge in [-0.25, -0.2) is 0 Å². The second-order valence-corrected chi connectivity index (χ2v) is 7.41. The summed E-state index contributed by atoms with van der Waals surface area (Å²) in [4.78, 5) is 15.7. The topological polar surface area (TPSA) is 37.8 Å². The van der Waals surface area contributed by atoms with Gasteiger partial charge < -0.3 is 4.98 Å². The largest absolute Gasteiger partial charge is 0.331 e. The lowest BCUT2D eigenvalue weighted by molar-refractivity contribution is 0.266. The van der Waals surface area contributed by atoms with Gasteiger partial charge in [-0.05, 0) is 35.5 Å². The Bertz CT molecular complexity index is 694. The number of H-pyrrole nitrogens is 1. The van der Waals surface area contributed by atoms with E-state index in [2.05, 4.69) is 25.8 Å². The molecular formula is C15H22N2OS2. The highest BCUT2D eigenvalue weighted by molar-refractivity contribution is 7.71. The molecule has 2 aromatic rings. The van der Waals surface area contributed by atoms with E-state index in [1.807, 2.05) is 11.4 Å². The predicted molar refractivity (Wildman–Crippen MR) is 89.2 cm³/mol. The molecule has 20 heavy (non-hydrogen) atoms. The lowest BCUT2D eigenvalue weighted by atomic mass is 9.87. The minimum absolute atomic E-state index is 0.0438. The van der Waals surface area contributed by atoms with Crippen LogP contribution >= 0.6 is 23.6 Å². The van der Waals surface area contributed by atoms with Crippen molar-refractivity contribution in [1.82, 2.24) is 9.55 Å². The molecule has 1 N–H and O–H groups in total. The number of rotatable bonds is 6. The van der Waals surface area contributed by atoms with E-state index < -0.39 is 0 Å². The van der Waals surface area contributed by atoms with E-state index in [0.717, 1.165) is 16.6 Å². The quantitative estimate of drug-likeness (QED) is 0.619. The van der Waals surface area contributed by atoms with Crippen LogP contribution < -0.4 is 5.56 Å². The maximum atomic E-state index is 12.5. The number of nitrogens with zero attached hydrogens (tertiary/aromatic N) is 1. The number of nitrogens with one attached hydrogen (secondary N) is 1. The summed E-state index contributed by atoms with van der Waals surface area (Å²) >= 11 is 6.82. The number of thiophene rings is 1. The van der Waals surface area contributed by atoms with Crippen LogP contribution in [0.2, 0.25) is 0 Å². The number of hydrogen-bond donors (Lipinski definition) is 1. The zero-order valence-electron chi connectivity index (χ0n) is 12.4. The van der Waals surface area contributed by atoms with Gasteiger partial charge in [-0.2, -0.15) is 0 Å². The highest BCUT2D eigenvalue weighted by atomic mass is 32.1. The Kier molecular flexibility index (Phi) is 4.81. The highest BCUT2D eigenvalue weighted by Crippen LogP contribution is 2.26. The third kappa shape index (κ3) is 3.38. The average Bonchev–Trinajstić information content (AvgIpc) is 2.83. The second-order valence-electron chi connectivity index (χ2n) is 6.11. The van der Waals surface area contributed by atoms with Crippen molar-refractivity contribution in [2.45, 2.75) is 53.0 Å². The fraction of sp³-hybridized carbons (Fsp3) is 0.600. The second kappa shape index (κ2) is 6.22. The first-order valence-corrected chi connectivity index (χ1v) is 8.44. The Morgan fingerprint density at radius 3 is 2.85 bits per heavy atom. The molecule has 0 saturated heterocycles. The monoisotopic (exact) mass is 310 g/mol. The molecule has 0 saturated carbocycles. The van der Waals surface area contributed by atoms with Crippen LogP contribution in [0.1, 0.15) is 46.5 Å². The summed E-state index contributed by atoms with van der Waals surface area (Å²) in [6.45, 7) is 7.31. The lowest BCUT2D eigenvalue weighted by Crippen LogP contribution is -2.29. The molecule has 5 heteroatoms. The van der Waals surface area contributed by atoms with Crippen LogP contribution in [0.4, 0.5) is 0 Å². The van der Waals surface area contributed by atoms with Crippen molar-refractivity contribution >= 4 is 33.8 Å². The van der Waals surface area contributed by atoms with Crippen molar-refractivity contribution in [2.24, 2.45) is 5.41 Å². The van der Waals surface area contributed by atoms with Gasteiger partial charge in [0, 0.05) is 6.54 Å². The maximum absolute atomic E-state index is 12.5. The molecule has 2 heterocycles. The summed E-state index contributed by atoms with van der Waals surface area (Å²) in [5.74, 6) is 0. The minimum atomic E-state index is 0.0438. The van der Waals surface area contributed by atoms with Gasteiger partial charge in [-0.15, -0.1) is 11.3 Å². The molecule has 0 atom stereocenters. The fourth-order valence-electron chi connectivity index (χ4n) is 2.48. The van der Waals surface area contributed by atoms with Crippen molar-refractivity contribution < 1.29 is 0 Å². The third-order valence-corrected chi connectivity index (χ3v) is 4.86. The van der Waals surface area contributed by atoms with Crippen LogP contribution in [0, 0.1) is 10.2 Å². The first kappa shape index (κ1) is 15.4. The van der Waals surface area contributed by atoms with Gasteiger partial charge in [-0.1, -0.05) is 40.0 Å². The van der Waals surface area contributed by atoms with Crippen LogP contribution in [-0.4, -0.2) is 9.55 Å². The Labute approximate surface area is 128 Å². The highest BCUT2D eigenvalue weighted by Gasteiger charge is 2.20. The van der Waals surface area contributed by atoms with E-state index >= 15 is 0 Å². The van der Waals surface area contributed by atoms with Crippen molar-refractivity contribution in [3.63, 3.8) is 0 Å². The lowest BCUT2D eigenvalue weighted by Gasteiger charge is -2.25.